The maximum Gasteiger partial charge on any atom is 0.417 e. The van der Waals surface area contributed by atoms with E-state index in [-0.39, 0.29) is 4.90 Å². The summed E-state index contributed by atoms with van der Waals surface area (Å²) < 4.78 is 32.1. The summed E-state index contributed by atoms with van der Waals surface area (Å²) in [5, 5.41) is 2.69. The lowest BCUT2D eigenvalue weighted by Gasteiger charge is -2.20. The predicted octanol–water partition coefficient (Wildman–Crippen LogP) is 2.45. The monoisotopic (exact) mass is 389 g/mol. The molecule has 1 amide bonds. The molecule has 0 fully saturated rings. The molecule has 0 aliphatic carbocycles. The number of anilines is 1. The van der Waals surface area contributed by atoms with Gasteiger partial charge in [0.2, 0.25) is 10.0 Å². The number of aromatic nitrogens is 1. The van der Waals surface area contributed by atoms with Crippen molar-refractivity contribution < 1.29 is 17.6 Å². The van der Waals surface area contributed by atoms with Gasteiger partial charge < -0.3 is 9.73 Å². The van der Waals surface area contributed by atoms with E-state index in [0.717, 1.165) is 0 Å². The maximum atomic E-state index is 12.4. The molecule has 3 aromatic rings. The smallest absolute Gasteiger partial charge is 0.408 e. The van der Waals surface area contributed by atoms with Gasteiger partial charge >= 0.3 is 5.76 Å². The molecule has 0 saturated heterocycles. The molecule has 0 aliphatic rings. The van der Waals surface area contributed by atoms with Crippen molar-refractivity contribution in [2.45, 2.75) is 31.2 Å². The van der Waals surface area contributed by atoms with E-state index in [2.05, 4.69) is 15.0 Å². The van der Waals surface area contributed by atoms with Gasteiger partial charge in [-0.25, -0.2) is 17.9 Å². The normalized spacial score (nSPS) is 12.3. The maximum absolute atomic E-state index is 12.4. The summed E-state index contributed by atoms with van der Waals surface area (Å²) in [6.45, 7) is 5.24. The van der Waals surface area contributed by atoms with E-state index in [1.54, 1.807) is 39.0 Å². The number of carbonyl (C=O) groups excluding carboxylic acids is 1. The Bertz CT molecular complexity index is 1150. The van der Waals surface area contributed by atoms with Gasteiger partial charge in [-0.3, -0.25) is 9.78 Å². The first-order valence-electron chi connectivity index (χ1n) is 8.12. The Morgan fingerprint density at radius 3 is 2.37 bits per heavy atom. The molecule has 3 N–H and O–H groups in total. The zero-order valence-electron chi connectivity index (χ0n) is 15.0. The van der Waals surface area contributed by atoms with Gasteiger partial charge in [-0.2, -0.15) is 0 Å². The van der Waals surface area contributed by atoms with Crippen LogP contribution in [0, 0.1) is 0 Å². The van der Waals surface area contributed by atoms with Gasteiger partial charge in [0.1, 0.15) is 0 Å². The Kier molecular flexibility index (Phi) is 4.66. The van der Waals surface area contributed by atoms with Crippen molar-refractivity contribution >= 4 is 32.7 Å². The minimum absolute atomic E-state index is 0.0753. The number of benzene rings is 2. The number of carbonyl (C=O) groups is 1. The molecule has 142 valence electrons. The zero-order chi connectivity index (χ0) is 19.8. The topological polar surface area (TPSA) is 121 Å². The van der Waals surface area contributed by atoms with Crippen LogP contribution in [0.1, 0.15) is 31.1 Å². The molecule has 2 aromatic carbocycles. The summed E-state index contributed by atoms with van der Waals surface area (Å²) >= 11 is 0. The van der Waals surface area contributed by atoms with Crippen LogP contribution in [0.5, 0.6) is 0 Å². The van der Waals surface area contributed by atoms with Crippen LogP contribution in [0.15, 0.2) is 56.6 Å². The number of sulfonamides is 1. The number of fused-ring (bicyclic) bond motifs is 1. The first kappa shape index (κ1) is 18.9. The lowest BCUT2D eigenvalue weighted by Crippen LogP contribution is -2.40. The summed E-state index contributed by atoms with van der Waals surface area (Å²) in [6.07, 6.45) is 0. The highest BCUT2D eigenvalue weighted by atomic mass is 32.2. The highest BCUT2D eigenvalue weighted by Crippen LogP contribution is 2.18. The second kappa shape index (κ2) is 6.67. The Balaban J connectivity index is 1.77. The molecule has 0 bridgehead atoms. The second-order valence-electron chi connectivity index (χ2n) is 7.06. The number of hydrogen-bond acceptors (Lipinski definition) is 5. The van der Waals surface area contributed by atoms with Gasteiger partial charge in [-0.1, -0.05) is 0 Å². The van der Waals surface area contributed by atoms with Crippen LogP contribution < -0.4 is 15.8 Å². The number of oxazole rings is 1. The second-order valence-corrected chi connectivity index (χ2v) is 8.74. The summed E-state index contributed by atoms with van der Waals surface area (Å²) in [7, 11) is -3.67. The average molecular weight is 389 g/mol. The number of hydrogen-bond donors (Lipinski definition) is 3. The lowest BCUT2D eigenvalue weighted by molar-refractivity contribution is 0.102. The number of rotatable bonds is 4. The predicted molar refractivity (Wildman–Crippen MR) is 101 cm³/mol. The Hall–Kier alpha value is -2.91. The summed E-state index contributed by atoms with van der Waals surface area (Å²) in [5.74, 6) is -0.984. The van der Waals surface area contributed by atoms with Crippen molar-refractivity contribution in [1.29, 1.82) is 0 Å². The van der Waals surface area contributed by atoms with Crippen molar-refractivity contribution in [3.8, 4) is 0 Å². The zero-order valence-corrected chi connectivity index (χ0v) is 15.8. The molecule has 0 unspecified atom stereocenters. The van der Waals surface area contributed by atoms with Gasteiger partial charge in [0.15, 0.2) is 5.58 Å². The minimum Gasteiger partial charge on any atom is -0.408 e. The molecule has 8 nitrogen and oxygen atoms in total. The van der Waals surface area contributed by atoms with Crippen LogP contribution >= 0.6 is 0 Å². The van der Waals surface area contributed by atoms with Crippen LogP contribution in [0.3, 0.4) is 0 Å². The van der Waals surface area contributed by atoms with Crippen LogP contribution in [0.4, 0.5) is 5.69 Å². The standard InChI is InChI=1S/C18H19N3O5S/c1-18(2,3)21-27(24,25)13-7-4-11(5-8-13)16(22)19-12-6-9-15-14(10-12)20-17(23)26-15/h4-10,21H,1-3H3,(H,19,22)(H,20,23). The summed E-state index contributed by atoms with van der Waals surface area (Å²) in [6, 6.07) is 10.4. The molecule has 9 heteroatoms. The fraction of sp³-hybridized carbons (Fsp3) is 0.222. The Labute approximate surface area is 155 Å². The van der Waals surface area contributed by atoms with E-state index in [9.17, 15) is 18.0 Å². The lowest BCUT2D eigenvalue weighted by atomic mass is 10.1. The quantitative estimate of drug-likeness (QED) is 0.633. The SMILES string of the molecule is CC(C)(C)NS(=O)(=O)c1ccc(C(=O)Nc2ccc3oc(=O)[nH]c3c2)cc1. The molecule has 1 heterocycles. The minimum atomic E-state index is -3.67. The molecule has 0 atom stereocenters. The van der Waals surface area contributed by atoms with Crippen molar-refractivity contribution in [3.63, 3.8) is 0 Å². The molecule has 1 aromatic heterocycles. The highest BCUT2D eigenvalue weighted by Gasteiger charge is 2.22. The number of H-pyrrole nitrogens is 1. The Morgan fingerprint density at radius 2 is 1.74 bits per heavy atom. The number of aromatic amines is 1. The Morgan fingerprint density at radius 1 is 1.07 bits per heavy atom. The fourth-order valence-electron chi connectivity index (χ4n) is 2.48. The third-order valence-electron chi connectivity index (χ3n) is 3.54. The molecule has 3 rings (SSSR count). The fourth-order valence-corrected chi connectivity index (χ4v) is 3.90. The molecule has 0 spiro atoms. The molecule has 0 aliphatic heterocycles. The van der Waals surface area contributed by atoms with Gasteiger partial charge in [0.25, 0.3) is 5.91 Å². The number of amides is 1. The molecular formula is C18H19N3O5S. The largest absolute Gasteiger partial charge is 0.417 e. The van der Waals surface area contributed by atoms with E-state index in [4.69, 9.17) is 4.42 Å². The van der Waals surface area contributed by atoms with Crippen molar-refractivity contribution in [2.75, 3.05) is 5.32 Å². The third kappa shape index (κ3) is 4.44. The molecular weight excluding hydrogens is 370 g/mol. The van der Waals surface area contributed by atoms with Gasteiger partial charge in [0.05, 0.1) is 10.4 Å². The van der Waals surface area contributed by atoms with Crippen LogP contribution in [0.2, 0.25) is 0 Å². The van der Waals surface area contributed by atoms with Crippen molar-refractivity contribution in [3.05, 3.63) is 58.6 Å². The average Bonchev–Trinajstić information content (AvgIpc) is 2.92. The van der Waals surface area contributed by atoms with E-state index < -0.39 is 27.2 Å². The summed E-state index contributed by atoms with van der Waals surface area (Å²) in [4.78, 5) is 26.1. The van der Waals surface area contributed by atoms with E-state index in [1.165, 1.54) is 24.3 Å². The number of nitrogens with one attached hydrogen (secondary N) is 3. The van der Waals surface area contributed by atoms with Gasteiger partial charge in [0, 0.05) is 16.8 Å². The summed E-state index contributed by atoms with van der Waals surface area (Å²) in [5.41, 5.74) is 1.01. The molecule has 27 heavy (non-hydrogen) atoms. The van der Waals surface area contributed by atoms with Crippen molar-refractivity contribution in [2.24, 2.45) is 0 Å². The van der Waals surface area contributed by atoms with Crippen LogP contribution in [-0.2, 0) is 10.0 Å². The van der Waals surface area contributed by atoms with Gasteiger partial charge in [-0.15, -0.1) is 0 Å². The van der Waals surface area contributed by atoms with E-state index in [0.29, 0.717) is 22.4 Å². The molecule has 0 radical (unpaired) electrons. The highest BCUT2D eigenvalue weighted by molar-refractivity contribution is 7.89. The van der Waals surface area contributed by atoms with Crippen LogP contribution in [0.25, 0.3) is 11.1 Å². The first-order valence-corrected chi connectivity index (χ1v) is 9.60. The van der Waals surface area contributed by atoms with Gasteiger partial charge in [-0.05, 0) is 63.2 Å². The third-order valence-corrected chi connectivity index (χ3v) is 5.32. The van der Waals surface area contributed by atoms with E-state index >= 15 is 0 Å². The first-order chi connectivity index (χ1) is 12.5. The van der Waals surface area contributed by atoms with Crippen LogP contribution in [-0.4, -0.2) is 24.8 Å². The molecule has 0 saturated carbocycles. The van der Waals surface area contributed by atoms with Crippen molar-refractivity contribution in [1.82, 2.24) is 9.71 Å². The van der Waals surface area contributed by atoms with E-state index in [1.807, 2.05) is 0 Å².